The maximum atomic E-state index is 12.2. The Balaban J connectivity index is 1.56. The number of nitro benzene ring substituents is 1. The number of para-hydroxylation sites is 1. The van der Waals surface area contributed by atoms with Gasteiger partial charge in [-0.15, -0.1) is 0 Å². The lowest BCUT2D eigenvalue weighted by Crippen LogP contribution is -2.60. The van der Waals surface area contributed by atoms with Gasteiger partial charge in [-0.25, -0.2) is 0 Å². The third kappa shape index (κ3) is 2.75. The van der Waals surface area contributed by atoms with Crippen molar-refractivity contribution in [3.05, 3.63) is 69.8 Å². The van der Waals surface area contributed by atoms with E-state index in [1.807, 2.05) is 30.4 Å². The van der Waals surface area contributed by atoms with Crippen LogP contribution < -0.4 is 9.64 Å². The fraction of sp³-hybridized carbons (Fsp3) is 0.333. The number of ether oxygens (including phenoxy) is 1. The van der Waals surface area contributed by atoms with E-state index in [9.17, 15) is 19.7 Å². The third-order valence-corrected chi connectivity index (χ3v) is 6.83. The van der Waals surface area contributed by atoms with E-state index in [-0.39, 0.29) is 36.9 Å². The van der Waals surface area contributed by atoms with Gasteiger partial charge in [-0.1, -0.05) is 18.2 Å². The molecule has 2 aromatic carbocycles. The molecule has 8 heteroatoms. The molecule has 0 radical (unpaired) electrons. The summed E-state index contributed by atoms with van der Waals surface area (Å²) in [6.07, 6.45) is 4.31. The number of benzene rings is 2. The van der Waals surface area contributed by atoms with Crippen LogP contribution in [0.1, 0.15) is 37.8 Å². The molecule has 164 valence electrons. The highest BCUT2D eigenvalue weighted by molar-refractivity contribution is 6.02. The minimum atomic E-state index is -0.911. The number of carbonyl (C=O) groups excluding carboxylic acids is 2. The molecule has 1 saturated heterocycles. The normalized spacial score (nSPS) is 22.8. The molecular weight excluding hydrogens is 410 g/mol. The van der Waals surface area contributed by atoms with Gasteiger partial charge < -0.3 is 9.64 Å². The van der Waals surface area contributed by atoms with Gasteiger partial charge in [-0.3, -0.25) is 24.6 Å². The number of nitrogens with zero attached hydrogens (tertiary/aromatic N) is 3. The topological polar surface area (TPSA) is 93.0 Å². The largest absolute Gasteiger partial charge is 0.463 e. The first-order valence-corrected chi connectivity index (χ1v) is 10.6. The van der Waals surface area contributed by atoms with Crippen LogP contribution in [-0.4, -0.2) is 40.5 Å². The lowest BCUT2D eigenvalue weighted by atomic mass is 9.76. The predicted molar refractivity (Wildman–Crippen MR) is 118 cm³/mol. The van der Waals surface area contributed by atoms with E-state index >= 15 is 0 Å². The van der Waals surface area contributed by atoms with Crippen LogP contribution in [0.5, 0.6) is 5.75 Å². The number of fused-ring (bicyclic) bond motifs is 2. The van der Waals surface area contributed by atoms with Crippen LogP contribution in [0.2, 0.25) is 0 Å². The highest BCUT2D eigenvalue weighted by atomic mass is 16.6. The van der Waals surface area contributed by atoms with Crippen LogP contribution in [0, 0.1) is 10.1 Å². The smallest absolute Gasteiger partial charge is 0.270 e. The zero-order valence-corrected chi connectivity index (χ0v) is 17.9. The average Bonchev–Trinajstić information content (AvgIpc) is 3.18. The fourth-order valence-corrected chi connectivity index (χ4v) is 5.06. The molecule has 0 aliphatic carbocycles. The second-order valence-corrected chi connectivity index (χ2v) is 8.84. The zero-order chi connectivity index (χ0) is 22.7. The highest BCUT2D eigenvalue weighted by Gasteiger charge is 2.58. The zero-order valence-electron chi connectivity index (χ0n) is 17.9. The maximum Gasteiger partial charge on any atom is 0.270 e. The molecule has 1 spiro atoms. The quantitative estimate of drug-likeness (QED) is 0.415. The molecule has 0 bridgehead atoms. The Labute approximate surface area is 185 Å². The Bertz CT molecular complexity index is 1170. The van der Waals surface area contributed by atoms with Crippen LogP contribution in [0.25, 0.3) is 6.08 Å². The molecule has 8 nitrogen and oxygen atoms in total. The summed E-state index contributed by atoms with van der Waals surface area (Å²) in [6, 6.07) is 12.6. The Morgan fingerprint density at radius 2 is 1.78 bits per heavy atom. The summed E-state index contributed by atoms with van der Waals surface area (Å²) in [5.74, 6) is 0.263. The Morgan fingerprint density at radius 1 is 1.06 bits per heavy atom. The summed E-state index contributed by atoms with van der Waals surface area (Å²) in [5, 5.41) is 11.2. The number of imide groups is 1. The van der Waals surface area contributed by atoms with E-state index in [1.165, 1.54) is 17.0 Å². The lowest BCUT2D eigenvalue weighted by Gasteiger charge is -2.47. The Kier molecular flexibility index (Phi) is 4.37. The van der Waals surface area contributed by atoms with Gasteiger partial charge in [0, 0.05) is 49.3 Å². The number of nitro groups is 1. The van der Waals surface area contributed by atoms with Crippen LogP contribution in [-0.2, 0) is 15.0 Å². The standard InChI is InChI=1S/C24H23N3O5/c1-23(2)18-5-3-4-6-19(18)26(14-13-25-21(28)9-10-22(25)29)24(23)12-11-16-15-17(27(30)31)7-8-20(16)32-24/h3-8,11-12,15H,9-10,13-14H2,1-2H3. The van der Waals surface area contributed by atoms with Crippen molar-refractivity contribution in [2.75, 3.05) is 18.0 Å². The summed E-state index contributed by atoms with van der Waals surface area (Å²) >= 11 is 0. The number of carbonyl (C=O) groups is 2. The highest BCUT2D eigenvalue weighted by Crippen LogP contribution is 2.54. The molecule has 2 amide bonds. The van der Waals surface area contributed by atoms with Gasteiger partial charge >= 0.3 is 0 Å². The van der Waals surface area contributed by atoms with E-state index in [4.69, 9.17) is 4.74 Å². The molecule has 0 N–H and O–H groups in total. The van der Waals surface area contributed by atoms with E-state index in [2.05, 4.69) is 24.8 Å². The number of rotatable bonds is 4. The summed E-state index contributed by atoms with van der Waals surface area (Å²) in [5.41, 5.74) is 1.33. The van der Waals surface area contributed by atoms with E-state index in [0.29, 0.717) is 17.9 Å². The first-order chi connectivity index (χ1) is 15.2. The molecule has 3 aliphatic heterocycles. The molecule has 3 aliphatic rings. The third-order valence-electron chi connectivity index (χ3n) is 6.83. The summed E-state index contributed by atoms with van der Waals surface area (Å²) in [7, 11) is 0. The molecular formula is C24H23N3O5. The van der Waals surface area contributed by atoms with Crippen LogP contribution in [0.3, 0.4) is 0 Å². The van der Waals surface area contributed by atoms with Gasteiger partial charge in [0.1, 0.15) is 5.75 Å². The number of hydrogen-bond donors (Lipinski definition) is 0. The molecule has 1 fully saturated rings. The van der Waals surface area contributed by atoms with Gasteiger partial charge in [0.15, 0.2) is 0 Å². The van der Waals surface area contributed by atoms with Crippen LogP contribution >= 0.6 is 0 Å². The molecule has 3 heterocycles. The SMILES string of the molecule is CC1(C)c2ccccc2N(CCN2C(=O)CCC2=O)C12C=Cc1cc([N+](=O)[O-])ccc1O2. The van der Waals surface area contributed by atoms with Crippen molar-refractivity contribution in [3.8, 4) is 5.75 Å². The molecule has 1 unspecified atom stereocenters. The van der Waals surface area contributed by atoms with E-state index in [1.54, 1.807) is 6.07 Å². The van der Waals surface area contributed by atoms with Gasteiger partial charge in [-0.05, 0) is 43.7 Å². The van der Waals surface area contributed by atoms with Crippen molar-refractivity contribution < 1.29 is 19.2 Å². The molecule has 2 aromatic rings. The number of non-ortho nitro benzene ring substituents is 1. The minimum absolute atomic E-state index is 0.00447. The Hall–Kier alpha value is -3.68. The summed E-state index contributed by atoms with van der Waals surface area (Å²) in [4.78, 5) is 38.5. The number of likely N-dealkylation sites (tertiary alicyclic amines) is 1. The lowest BCUT2D eigenvalue weighted by molar-refractivity contribution is -0.384. The predicted octanol–water partition coefficient (Wildman–Crippen LogP) is 3.64. The van der Waals surface area contributed by atoms with Crippen molar-refractivity contribution >= 4 is 29.3 Å². The van der Waals surface area contributed by atoms with Crippen molar-refractivity contribution in [1.29, 1.82) is 0 Å². The fourth-order valence-electron chi connectivity index (χ4n) is 5.06. The van der Waals surface area contributed by atoms with Crippen molar-refractivity contribution in [3.63, 3.8) is 0 Å². The van der Waals surface area contributed by atoms with Gasteiger partial charge in [0.2, 0.25) is 17.5 Å². The number of anilines is 1. The van der Waals surface area contributed by atoms with Crippen molar-refractivity contribution in [2.24, 2.45) is 0 Å². The number of amides is 2. The number of hydrogen-bond acceptors (Lipinski definition) is 6. The van der Waals surface area contributed by atoms with E-state index < -0.39 is 16.1 Å². The summed E-state index contributed by atoms with van der Waals surface area (Å²) in [6.45, 7) is 4.87. The maximum absolute atomic E-state index is 12.2. The first kappa shape index (κ1) is 20.2. The van der Waals surface area contributed by atoms with Crippen LogP contribution in [0.15, 0.2) is 48.5 Å². The van der Waals surface area contributed by atoms with Crippen molar-refractivity contribution in [2.45, 2.75) is 37.8 Å². The molecule has 0 aromatic heterocycles. The second kappa shape index (κ2) is 6.91. The molecule has 1 atom stereocenters. The van der Waals surface area contributed by atoms with E-state index in [0.717, 1.165) is 11.3 Å². The minimum Gasteiger partial charge on any atom is -0.463 e. The molecule has 0 saturated carbocycles. The van der Waals surface area contributed by atoms with Gasteiger partial charge in [0.25, 0.3) is 5.69 Å². The van der Waals surface area contributed by atoms with Crippen molar-refractivity contribution in [1.82, 2.24) is 4.90 Å². The first-order valence-electron chi connectivity index (χ1n) is 10.6. The second-order valence-electron chi connectivity index (χ2n) is 8.84. The molecule has 32 heavy (non-hydrogen) atoms. The molecule has 5 rings (SSSR count). The van der Waals surface area contributed by atoms with Gasteiger partial charge in [-0.2, -0.15) is 0 Å². The average molecular weight is 433 g/mol. The van der Waals surface area contributed by atoms with Crippen LogP contribution in [0.4, 0.5) is 11.4 Å². The Morgan fingerprint density at radius 3 is 2.50 bits per heavy atom. The summed E-state index contributed by atoms with van der Waals surface area (Å²) < 4.78 is 6.62. The monoisotopic (exact) mass is 433 g/mol. The van der Waals surface area contributed by atoms with Gasteiger partial charge in [0.05, 0.1) is 10.3 Å².